The van der Waals surface area contributed by atoms with Gasteiger partial charge in [-0.2, -0.15) is 0 Å². The number of likely N-dealkylation sites (tertiary alicyclic amines) is 1. The van der Waals surface area contributed by atoms with Crippen molar-refractivity contribution in [3.05, 3.63) is 63.9 Å². The number of halogens is 1. The first-order chi connectivity index (χ1) is 13.5. The second kappa shape index (κ2) is 7.94. The molecule has 1 aliphatic heterocycles. The molecule has 5 nitrogen and oxygen atoms in total. The highest BCUT2D eigenvalue weighted by molar-refractivity contribution is 6.31. The number of benzene rings is 2. The van der Waals surface area contributed by atoms with Gasteiger partial charge in [0.25, 0.3) is 5.91 Å². The minimum Gasteiger partial charge on any atom is -0.342 e. The van der Waals surface area contributed by atoms with E-state index in [9.17, 15) is 4.79 Å². The molecule has 0 bridgehead atoms. The topological polar surface area (TPSA) is 61.0 Å². The third-order valence-electron chi connectivity index (χ3n) is 5.42. The summed E-state index contributed by atoms with van der Waals surface area (Å²) in [6.45, 7) is 7.30. The molecule has 2 N–H and O–H groups in total. The van der Waals surface area contributed by atoms with Crippen molar-refractivity contribution in [2.24, 2.45) is 0 Å². The highest BCUT2D eigenvalue weighted by Gasteiger charge is 2.17. The van der Waals surface area contributed by atoms with Gasteiger partial charge >= 0.3 is 0 Å². The number of hydrogen-bond acceptors (Lipinski definition) is 3. The van der Waals surface area contributed by atoms with E-state index in [2.05, 4.69) is 33.2 Å². The number of amides is 1. The fraction of sp³-hybridized carbons (Fsp3) is 0.364. The van der Waals surface area contributed by atoms with Crippen LogP contribution in [0.4, 0.5) is 0 Å². The molecule has 0 saturated carbocycles. The maximum atomic E-state index is 12.7. The molecule has 4 rings (SSSR count). The zero-order chi connectivity index (χ0) is 19.7. The Morgan fingerprint density at radius 2 is 2.04 bits per heavy atom. The maximum absolute atomic E-state index is 12.7. The van der Waals surface area contributed by atoms with Crippen molar-refractivity contribution in [1.29, 1.82) is 0 Å². The van der Waals surface area contributed by atoms with Crippen molar-refractivity contribution in [3.8, 4) is 0 Å². The van der Waals surface area contributed by atoms with E-state index in [0.29, 0.717) is 16.4 Å². The Labute approximate surface area is 170 Å². The van der Waals surface area contributed by atoms with E-state index in [1.54, 1.807) is 0 Å². The molecule has 0 unspecified atom stereocenters. The second-order valence-electron chi connectivity index (χ2n) is 7.60. The number of carbonyl (C=O) groups excluding carboxylic acids is 1. The molecule has 6 heteroatoms. The van der Waals surface area contributed by atoms with Crippen molar-refractivity contribution in [2.75, 3.05) is 13.1 Å². The van der Waals surface area contributed by atoms with Crippen LogP contribution < -0.4 is 5.32 Å². The predicted octanol–water partition coefficient (Wildman–Crippen LogP) is 4.61. The molecule has 2 aromatic carbocycles. The molecule has 1 atom stereocenters. The molecule has 0 aliphatic carbocycles. The highest BCUT2D eigenvalue weighted by Crippen LogP contribution is 2.21. The normalized spacial score (nSPS) is 15.8. The van der Waals surface area contributed by atoms with Crippen molar-refractivity contribution in [2.45, 2.75) is 39.3 Å². The third-order valence-corrected chi connectivity index (χ3v) is 5.65. The summed E-state index contributed by atoms with van der Waals surface area (Å²) < 4.78 is 0. The van der Waals surface area contributed by atoms with E-state index in [4.69, 9.17) is 11.6 Å². The Bertz CT molecular complexity index is 1010. The molecule has 0 radical (unpaired) electrons. The van der Waals surface area contributed by atoms with Crippen LogP contribution in [0.25, 0.3) is 11.0 Å². The van der Waals surface area contributed by atoms with Gasteiger partial charge in [-0.3, -0.25) is 9.69 Å². The summed E-state index contributed by atoms with van der Waals surface area (Å²) in [5.74, 6) is 0.620. The number of nitrogens with one attached hydrogen (secondary N) is 2. The largest absolute Gasteiger partial charge is 0.342 e. The van der Waals surface area contributed by atoms with Crippen LogP contribution in [-0.2, 0) is 6.54 Å². The first-order valence-corrected chi connectivity index (χ1v) is 10.2. The number of aryl methyl sites for hydroxylation is 1. The summed E-state index contributed by atoms with van der Waals surface area (Å²) in [6.07, 6.45) is 2.57. The van der Waals surface area contributed by atoms with Gasteiger partial charge in [-0.1, -0.05) is 17.7 Å². The summed E-state index contributed by atoms with van der Waals surface area (Å²) in [6, 6.07) is 11.3. The summed E-state index contributed by atoms with van der Waals surface area (Å²) in [7, 11) is 0. The Hall–Kier alpha value is -2.37. The lowest BCUT2D eigenvalue weighted by Gasteiger charge is -2.17. The fourth-order valence-electron chi connectivity index (χ4n) is 3.75. The number of rotatable bonds is 5. The van der Waals surface area contributed by atoms with Crippen molar-refractivity contribution in [3.63, 3.8) is 0 Å². The van der Waals surface area contributed by atoms with Crippen LogP contribution in [0, 0.1) is 6.92 Å². The van der Waals surface area contributed by atoms with Crippen LogP contribution in [0.1, 0.15) is 53.1 Å². The number of aromatic amines is 1. The lowest BCUT2D eigenvalue weighted by Crippen LogP contribution is -2.27. The van der Waals surface area contributed by atoms with Gasteiger partial charge in [0.05, 0.1) is 17.1 Å². The summed E-state index contributed by atoms with van der Waals surface area (Å²) in [5, 5.41) is 3.69. The SMILES string of the molecule is Cc1cc(C(=O)N[C@@H](C)c2nc3ccc(Cl)cc3[nH]2)ccc1CN1CCCC1. The highest BCUT2D eigenvalue weighted by atomic mass is 35.5. The first kappa shape index (κ1) is 19.0. The monoisotopic (exact) mass is 396 g/mol. The maximum Gasteiger partial charge on any atom is 0.251 e. The van der Waals surface area contributed by atoms with Crippen LogP contribution in [0.15, 0.2) is 36.4 Å². The summed E-state index contributed by atoms with van der Waals surface area (Å²) in [4.78, 5) is 23.0. The van der Waals surface area contributed by atoms with E-state index >= 15 is 0 Å². The smallest absolute Gasteiger partial charge is 0.251 e. The molecule has 1 aliphatic rings. The Kier molecular flexibility index (Phi) is 5.38. The molecule has 1 saturated heterocycles. The fourth-order valence-corrected chi connectivity index (χ4v) is 3.92. The third kappa shape index (κ3) is 4.05. The van der Waals surface area contributed by atoms with Crippen molar-refractivity contribution < 1.29 is 4.79 Å². The van der Waals surface area contributed by atoms with Gasteiger partial charge in [0.1, 0.15) is 5.82 Å². The van der Waals surface area contributed by atoms with Crippen molar-refractivity contribution >= 4 is 28.5 Å². The minimum atomic E-state index is -0.233. The zero-order valence-corrected chi connectivity index (χ0v) is 17.0. The van der Waals surface area contributed by atoms with Crippen molar-refractivity contribution in [1.82, 2.24) is 20.2 Å². The molecule has 2 heterocycles. The van der Waals surface area contributed by atoms with E-state index < -0.39 is 0 Å². The van der Waals surface area contributed by atoms with Gasteiger partial charge in [0, 0.05) is 17.1 Å². The van der Waals surface area contributed by atoms with E-state index in [-0.39, 0.29) is 11.9 Å². The number of aromatic nitrogens is 2. The molecule has 0 spiro atoms. The lowest BCUT2D eigenvalue weighted by molar-refractivity contribution is 0.0938. The van der Waals surface area contributed by atoms with Gasteiger partial charge in [-0.15, -0.1) is 0 Å². The van der Waals surface area contributed by atoms with E-state index in [0.717, 1.165) is 23.1 Å². The molecule has 146 valence electrons. The van der Waals surface area contributed by atoms with Crippen LogP contribution in [-0.4, -0.2) is 33.9 Å². The average molecular weight is 397 g/mol. The Balaban J connectivity index is 1.45. The summed E-state index contributed by atoms with van der Waals surface area (Å²) in [5.41, 5.74) is 4.83. The van der Waals surface area contributed by atoms with Gasteiger partial charge in [0.2, 0.25) is 0 Å². The number of nitrogens with zero attached hydrogens (tertiary/aromatic N) is 2. The molecule has 1 amide bonds. The Morgan fingerprint density at radius 3 is 2.79 bits per heavy atom. The molecular formula is C22H25ClN4O. The van der Waals surface area contributed by atoms with Gasteiger partial charge in [-0.05, 0) is 81.2 Å². The average Bonchev–Trinajstić information content (AvgIpc) is 3.32. The summed E-state index contributed by atoms with van der Waals surface area (Å²) >= 11 is 6.03. The van der Waals surface area contributed by atoms with Crippen LogP contribution in [0.5, 0.6) is 0 Å². The molecule has 3 aromatic rings. The number of fused-ring (bicyclic) bond motifs is 1. The van der Waals surface area contributed by atoms with Crippen LogP contribution in [0.2, 0.25) is 5.02 Å². The van der Waals surface area contributed by atoms with Gasteiger partial charge in [0.15, 0.2) is 0 Å². The zero-order valence-electron chi connectivity index (χ0n) is 16.3. The first-order valence-electron chi connectivity index (χ1n) is 9.77. The minimum absolute atomic E-state index is 0.0955. The Morgan fingerprint density at radius 1 is 1.25 bits per heavy atom. The van der Waals surface area contributed by atoms with Gasteiger partial charge < -0.3 is 10.3 Å². The number of H-pyrrole nitrogens is 1. The quantitative estimate of drug-likeness (QED) is 0.661. The molecule has 28 heavy (non-hydrogen) atoms. The lowest BCUT2D eigenvalue weighted by atomic mass is 10.0. The van der Waals surface area contributed by atoms with Crippen LogP contribution >= 0.6 is 11.6 Å². The number of imidazole rings is 1. The predicted molar refractivity (Wildman–Crippen MR) is 113 cm³/mol. The van der Waals surface area contributed by atoms with Gasteiger partial charge in [-0.25, -0.2) is 4.98 Å². The van der Waals surface area contributed by atoms with E-state index in [1.165, 1.54) is 31.5 Å². The molecular weight excluding hydrogens is 372 g/mol. The molecule has 1 fully saturated rings. The second-order valence-corrected chi connectivity index (χ2v) is 8.04. The van der Waals surface area contributed by atoms with E-state index in [1.807, 2.05) is 37.3 Å². The standard InChI is InChI=1S/C22H25ClN4O/c1-14-11-16(5-6-17(14)13-27-9-3-4-10-27)22(28)24-15(2)21-25-19-8-7-18(23)12-20(19)26-21/h5-8,11-12,15H,3-4,9-10,13H2,1-2H3,(H,24,28)(H,25,26)/t15-/m0/s1. The van der Waals surface area contributed by atoms with Crippen LogP contribution in [0.3, 0.4) is 0 Å². The number of carbonyl (C=O) groups is 1. The number of hydrogen-bond donors (Lipinski definition) is 2. The molecule has 1 aromatic heterocycles.